The normalized spacial score (nSPS) is 19.6. The largest absolute Gasteiger partial charge is 0.331 e. The van der Waals surface area contributed by atoms with Crippen LogP contribution in [0.1, 0.15) is 12.5 Å². The first-order valence-corrected chi connectivity index (χ1v) is 7.15. The Labute approximate surface area is 122 Å². The fourth-order valence-corrected chi connectivity index (χ4v) is 3.27. The number of hydrogen-bond donors (Lipinski definition) is 1. The van der Waals surface area contributed by atoms with Crippen molar-refractivity contribution in [3.8, 4) is 0 Å². The molecule has 0 bridgehead atoms. The molecule has 1 aliphatic rings. The number of halogens is 1. The first-order chi connectivity index (χ1) is 9.11. The SMILES string of the molecule is C=CCN1Cc2c(Cl)ccc3[nH]c(=S)n(c23)C[C@@H]1C. The van der Waals surface area contributed by atoms with Crippen molar-refractivity contribution in [2.75, 3.05) is 6.54 Å². The zero-order valence-corrected chi connectivity index (χ0v) is 12.4. The molecule has 0 aliphatic carbocycles. The minimum atomic E-state index is 0.396. The molecular formula is C14H16ClN3S. The van der Waals surface area contributed by atoms with E-state index in [2.05, 4.69) is 28.0 Å². The third-order valence-corrected chi connectivity index (χ3v) is 4.45. The van der Waals surface area contributed by atoms with Crippen LogP contribution in [-0.4, -0.2) is 27.0 Å². The third-order valence-electron chi connectivity index (χ3n) is 3.78. The van der Waals surface area contributed by atoms with Crippen molar-refractivity contribution in [3.63, 3.8) is 0 Å². The van der Waals surface area contributed by atoms with Crippen LogP contribution >= 0.6 is 23.8 Å². The summed E-state index contributed by atoms with van der Waals surface area (Å²) in [4.78, 5) is 5.63. The first-order valence-electron chi connectivity index (χ1n) is 6.36. The number of aromatic amines is 1. The Bertz CT molecular complexity index is 701. The third kappa shape index (κ3) is 2.04. The zero-order valence-electron chi connectivity index (χ0n) is 10.8. The van der Waals surface area contributed by atoms with E-state index in [4.69, 9.17) is 23.8 Å². The van der Waals surface area contributed by atoms with Gasteiger partial charge in [-0.3, -0.25) is 4.90 Å². The second-order valence-electron chi connectivity index (χ2n) is 5.03. The maximum atomic E-state index is 6.39. The molecule has 0 fully saturated rings. The van der Waals surface area contributed by atoms with Crippen molar-refractivity contribution in [2.24, 2.45) is 0 Å². The van der Waals surface area contributed by atoms with Crippen molar-refractivity contribution in [2.45, 2.75) is 26.1 Å². The highest BCUT2D eigenvalue weighted by Gasteiger charge is 2.23. The minimum Gasteiger partial charge on any atom is -0.331 e. The summed E-state index contributed by atoms with van der Waals surface area (Å²) in [6.45, 7) is 8.61. The fraction of sp³-hybridized carbons (Fsp3) is 0.357. The van der Waals surface area contributed by atoms with Crippen molar-refractivity contribution >= 4 is 34.9 Å². The van der Waals surface area contributed by atoms with Gasteiger partial charge in [-0.15, -0.1) is 6.58 Å². The molecule has 0 saturated carbocycles. The summed E-state index contributed by atoms with van der Waals surface area (Å²) < 4.78 is 2.94. The molecule has 1 N–H and O–H groups in total. The second kappa shape index (κ2) is 4.78. The van der Waals surface area contributed by atoms with E-state index < -0.39 is 0 Å². The van der Waals surface area contributed by atoms with Gasteiger partial charge in [-0.25, -0.2) is 0 Å². The second-order valence-corrected chi connectivity index (χ2v) is 5.82. The Balaban J connectivity index is 2.25. The lowest BCUT2D eigenvalue weighted by Gasteiger charge is -2.25. The fourth-order valence-electron chi connectivity index (χ4n) is 2.78. The highest BCUT2D eigenvalue weighted by Crippen LogP contribution is 2.30. The van der Waals surface area contributed by atoms with Crippen LogP contribution in [0.4, 0.5) is 0 Å². The molecule has 1 atom stereocenters. The van der Waals surface area contributed by atoms with Gasteiger partial charge in [0.25, 0.3) is 0 Å². The molecule has 0 radical (unpaired) electrons. The number of nitrogens with zero attached hydrogens (tertiary/aromatic N) is 2. The topological polar surface area (TPSA) is 24.0 Å². The Kier molecular flexibility index (Phi) is 3.25. The number of aromatic nitrogens is 2. The Morgan fingerprint density at radius 2 is 2.37 bits per heavy atom. The Morgan fingerprint density at radius 3 is 3.11 bits per heavy atom. The molecule has 5 heteroatoms. The summed E-state index contributed by atoms with van der Waals surface area (Å²) in [5.74, 6) is 0. The van der Waals surface area contributed by atoms with Gasteiger partial charge in [0.1, 0.15) is 0 Å². The van der Waals surface area contributed by atoms with Gasteiger partial charge in [-0.2, -0.15) is 0 Å². The van der Waals surface area contributed by atoms with Crippen LogP contribution < -0.4 is 0 Å². The average molecular weight is 294 g/mol. The summed E-state index contributed by atoms with van der Waals surface area (Å²) in [5.41, 5.74) is 3.37. The molecule has 2 heterocycles. The highest BCUT2D eigenvalue weighted by atomic mass is 35.5. The van der Waals surface area contributed by atoms with Gasteiger partial charge in [0.2, 0.25) is 0 Å². The number of hydrogen-bond acceptors (Lipinski definition) is 2. The highest BCUT2D eigenvalue weighted by molar-refractivity contribution is 7.71. The average Bonchev–Trinajstić information content (AvgIpc) is 2.59. The van der Waals surface area contributed by atoms with E-state index in [1.54, 1.807) is 0 Å². The van der Waals surface area contributed by atoms with Gasteiger partial charge in [0.05, 0.1) is 11.0 Å². The van der Waals surface area contributed by atoms with E-state index in [1.807, 2.05) is 18.2 Å². The van der Waals surface area contributed by atoms with Gasteiger partial charge in [-0.1, -0.05) is 17.7 Å². The molecule has 1 aliphatic heterocycles. The summed E-state index contributed by atoms with van der Waals surface area (Å²) in [5, 5.41) is 0.804. The lowest BCUT2D eigenvalue weighted by Crippen LogP contribution is -2.34. The molecule has 19 heavy (non-hydrogen) atoms. The van der Waals surface area contributed by atoms with Crippen LogP contribution in [0.15, 0.2) is 24.8 Å². The van der Waals surface area contributed by atoms with Crippen molar-refractivity contribution in [1.29, 1.82) is 0 Å². The molecule has 1 aromatic carbocycles. The Hall–Kier alpha value is -1.10. The van der Waals surface area contributed by atoms with E-state index in [1.165, 1.54) is 0 Å². The molecule has 0 amide bonds. The maximum Gasteiger partial charge on any atom is 0.178 e. The van der Waals surface area contributed by atoms with E-state index in [0.717, 1.165) is 46.0 Å². The van der Waals surface area contributed by atoms with Crippen molar-refractivity contribution < 1.29 is 0 Å². The summed E-state index contributed by atoms with van der Waals surface area (Å²) in [6.07, 6.45) is 1.94. The van der Waals surface area contributed by atoms with Crippen LogP contribution in [0.2, 0.25) is 5.02 Å². The van der Waals surface area contributed by atoms with Crippen molar-refractivity contribution in [1.82, 2.24) is 14.5 Å². The molecule has 0 unspecified atom stereocenters. The van der Waals surface area contributed by atoms with E-state index in [-0.39, 0.29) is 0 Å². The smallest absolute Gasteiger partial charge is 0.178 e. The number of nitrogens with one attached hydrogen (secondary N) is 1. The summed E-state index contributed by atoms with van der Waals surface area (Å²) in [7, 11) is 0. The molecule has 100 valence electrons. The first kappa shape index (κ1) is 12.9. The monoisotopic (exact) mass is 293 g/mol. The lowest BCUT2D eigenvalue weighted by molar-refractivity contribution is 0.211. The van der Waals surface area contributed by atoms with E-state index >= 15 is 0 Å². The molecular weight excluding hydrogens is 278 g/mol. The van der Waals surface area contributed by atoms with Gasteiger partial charge in [0, 0.05) is 36.3 Å². The van der Waals surface area contributed by atoms with Gasteiger partial charge in [-0.05, 0) is 31.3 Å². The number of benzene rings is 1. The van der Waals surface area contributed by atoms with Crippen LogP contribution in [-0.2, 0) is 13.1 Å². The zero-order chi connectivity index (χ0) is 13.6. The van der Waals surface area contributed by atoms with E-state index in [0.29, 0.717) is 6.04 Å². The summed E-state index contributed by atoms with van der Waals surface area (Å²) in [6, 6.07) is 4.34. The maximum absolute atomic E-state index is 6.39. The number of H-pyrrole nitrogens is 1. The van der Waals surface area contributed by atoms with E-state index in [9.17, 15) is 0 Å². The molecule has 1 aromatic heterocycles. The standard InChI is InChI=1S/C14H16ClN3S/c1-3-6-17-8-10-11(15)4-5-12-13(10)18(7-9(17)2)14(19)16-12/h3-5,9H,1,6-8H2,2H3,(H,16,19)/t9-/m0/s1. The Morgan fingerprint density at radius 1 is 1.58 bits per heavy atom. The van der Waals surface area contributed by atoms with Gasteiger partial charge < -0.3 is 9.55 Å². The van der Waals surface area contributed by atoms with Crippen LogP contribution in [0.25, 0.3) is 11.0 Å². The van der Waals surface area contributed by atoms with Crippen LogP contribution in [0, 0.1) is 4.77 Å². The molecule has 3 rings (SSSR count). The lowest BCUT2D eigenvalue weighted by atomic mass is 10.1. The number of rotatable bonds is 2. The van der Waals surface area contributed by atoms with Gasteiger partial charge in [0.15, 0.2) is 4.77 Å². The predicted octanol–water partition coefficient (Wildman–Crippen LogP) is 3.74. The quantitative estimate of drug-likeness (QED) is 0.674. The minimum absolute atomic E-state index is 0.396. The predicted molar refractivity (Wildman–Crippen MR) is 82.2 cm³/mol. The van der Waals surface area contributed by atoms with Gasteiger partial charge >= 0.3 is 0 Å². The molecule has 0 saturated heterocycles. The van der Waals surface area contributed by atoms with Crippen LogP contribution in [0.3, 0.4) is 0 Å². The molecule has 0 spiro atoms. The summed E-state index contributed by atoms with van der Waals surface area (Å²) >= 11 is 11.8. The number of imidazole rings is 1. The molecule has 2 aromatic rings. The van der Waals surface area contributed by atoms with Crippen LogP contribution in [0.5, 0.6) is 0 Å². The van der Waals surface area contributed by atoms with Crippen molar-refractivity contribution in [3.05, 3.63) is 40.1 Å². The molecule has 3 nitrogen and oxygen atoms in total.